The summed E-state index contributed by atoms with van der Waals surface area (Å²) in [5, 5.41) is 154. The molecule has 0 saturated carbocycles. The van der Waals surface area contributed by atoms with E-state index in [0.717, 1.165) is 0 Å². The number of ether oxygens (including phenoxy) is 12. The molecule has 7 fully saturated rings. The number of cyclic esters (lactones) is 4. The Labute approximate surface area is 639 Å². The molecular weight excluding hydrogens is 1450 g/mol. The fraction of sp³-hybridized carbons (Fsp3) is 0.932. The lowest BCUT2D eigenvalue weighted by molar-refractivity contribution is -0.484. The van der Waals surface area contributed by atoms with Crippen molar-refractivity contribution in [3.05, 3.63) is 0 Å². The van der Waals surface area contributed by atoms with Gasteiger partial charge in [-0.25, -0.2) is 0 Å². The fourth-order valence-electron chi connectivity index (χ4n) is 16.9. The van der Waals surface area contributed by atoms with Gasteiger partial charge < -0.3 is 140 Å². The number of methoxy groups -OCH3 is 1. The van der Waals surface area contributed by atoms with Crippen LogP contribution in [0.4, 0.5) is 0 Å². The van der Waals surface area contributed by atoms with Crippen LogP contribution in [0.3, 0.4) is 0 Å². The normalized spacial score (nSPS) is 48.4. The summed E-state index contributed by atoms with van der Waals surface area (Å²) in [5.41, 5.74) is -23.3. The van der Waals surface area contributed by atoms with Crippen LogP contribution in [-0.2, 0) is 80.8 Å². The summed E-state index contributed by atoms with van der Waals surface area (Å²) in [6.07, 6.45) is 0.0120. The number of hydrogen-bond acceptors (Lipinski definition) is 32. The molecule has 0 aromatic rings. The van der Waals surface area contributed by atoms with Crippen molar-refractivity contribution in [2.24, 2.45) is 45.8 Å². The van der Waals surface area contributed by atoms with E-state index in [-0.39, 0.29) is 95.2 Å². The number of carboxylic acid groups (broad SMARTS) is 1. The molecule has 7 aliphatic heterocycles. The van der Waals surface area contributed by atoms with Crippen LogP contribution in [0.1, 0.15) is 173 Å². The topological polar surface area (TPSA) is 563 Å². The Bertz CT molecular complexity index is 3110. The van der Waals surface area contributed by atoms with Gasteiger partial charge in [0.15, 0.2) is 28.9 Å². The third-order valence-electron chi connectivity index (χ3n) is 28.2. The first-order chi connectivity index (χ1) is 47.6. The Kier molecular flexibility index (Phi) is 29.9. The third kappa shape index (κ3) is 17.3. The molecule has 36 nitrogen and oxygen atoms in total. The van der Waals surface area contributed by atoms with Crippen molar-refractivity contribution in [2.45, 2.75) is 269 Å². The van der Waals surface area contributed by atoms with Gasteiger partial charge >= 0.3 is 29.8 Å². The number of hydrogen-bond donors (Lipinski definition) is 13. The van der Waals surface area contributed by atoms with Crippen LogP contribution >= 0.6 is 0 Å². The molecule has 109 heavy (non-hydrogen) atoms. The number of nitrogens with zero attached hydrogens (tertiary/aromatic N) is 3. The van der Waals surface area contributed by atoms with Crippen LogP contribution in [0.5, 0.6) is 0 Å². The van der Waals surface area contributed by atoms with Gasteiger partial charge in [-0.05, 0) is 104 Å². The molecule has 0 bridgehead atoms. The second-order valence-electron chi connectivity index (χ2n) is 35.1. The first-order valence-corrected chi connectivity index (χ1v) is 36.5. The maximum atomic E-state index is 12.6. The Balaban J connectivity index is 0.000000928. The number of aliphatic carboxylic acids is 1. The highest BCUT2D eigenvalue weighted by molar-refractivity contribution is 5.90. The summed E-state index contributed by atoms with van der Waals surface area (Å²) in [4.78, 5) is 60.7. The highest BCUT2D eigenvalue weighted by atomic mass is 16.8. The van der Waals surface area contributed by atoms with E-state index in [9.17, 15) is 85.3 Å². The van der Waals surface area contributed by atoms with Gasteiger partial charge in [0.2, 0.25) is 5.79 Å². The van der Waals surface area contributed by atoms with Crippen LogP contribution < -0.4 is 0 Å². The molecule has 0 amide bonds. The first-order valence-electron chi connectivity index (χ1n) is 36.5. The molecule has 7 rings (SSSR count). The minimum absolute atomic E-state index is 0. The van der Waals surface area contributed by atoms with Gasteiger partial charge in [0.05, 0.1) is 107 Å². The van der Waals surface area contributed by atoms with Crippen LogP contribution in [0.25, 0.3) is 0 Å². The molecule has 7 saturated heterocycles. The van der Waals surface area contributed by atoms with Crippen LogP contribution in [0, 0.1) is 45.8 Å². The van der Waals surface area contributed by atoms with E-state index < -0.39 is 185 Å². The summed E-state index contributed by atoms with van der Waals surface area (Å²) < 4.78 is 71.0. The molecule has 25 atom stereocenters. The van der Waals surface area contributed by atoms with Gasteiger partial charge in [-0.3, -0.25) is 38.7 Å². The van der Waals surface area contributed by atoms with Gasteiger partial charge in [-0.15, -0.1) is 0 Å². The number of rotatable bonds is 26. The molecule has 640 valence electrons. The van der Waals surface area contributed by atoms with E-state index in [2.05, 4.69) is 9.47 Å². The molecule has 0 aliphatic carbocycles. The summed E-state index contributed by atoms with van der Waals surface area (Å²) in [7, 11) is 1.47. The summed E-state index contributed by atoms with van der Waals surface area (Å²) in [6.45, 7) is 35.3. The SMILES string of the molecule is CCC1(O)O[C@](C)(COC[C@@]2(C)[C@H](C)C(C)(O)[C@@](C)(COC[C@@]3(C)[C@H](C)C(C)(O)[C@@](C)(OCC4(O)O[C@](C)(COC[C@@]5(C)[C@H](C)C(C)(O)[C@@](C)(COC)OC5(C)O)C(C)(O)[C@@H](C)[C@]4(C)O)OC3(C)O)OC2(C)O)C(C)(O)[C@@H](C)[C@]1(C)O.O.O.O.O=C(O)CN(CCN1CC(=O)OC(=O)C1)CCN1CC(=O)OC(=O)C1. The fourth-order valence-corrected chi connectivity index (χ4v) is 16.9. The van der Waals surface area contributed by atoms with Crippen molar-refractivity contribution in [3.8, 4) is 0 Å². The minimum atomic E-state index is -2.66. The summed E-state index contributed by atoms with van der Waals surface area (Å²) >= 11 is 0. The Morgan fingerprint density at radius 3 is 1.01 bits per heavy atom. The zero-order valence-corrected chi connectivity index (χ0v) is 68.7. The number of carbonyl (C=O) groups excluding carboxylic acids is 4. The number of morpholine rings is 2. The summed E-state index contributed by atoms with van der Waals surface area (Å²) in [6, 6.07) is 0. The Morgan fingerprint density at radius 2 is 0.688 bits per heavy atom. The minimum Gasteiger partial charge on any atom is -0.480 e. The largest absolute Gasteiger partial charge is 0.480 e. The zero-order chi connectivity index (χ0) is 81.7. The van der Waals surface area contributed by atoms with E-state index in [0.29, 0.717) is 26.2 Å². The first kappa shape index (κ1) is 99.8. The second kappa shape index (κ2) is 32.6. The van der Waals surface area contributed by atoms with E-state index in [4.69, 9.17) is 52.5 Å². The molecular formula is C73H135N3O33. The molecule has 0 aromatic carbocycles. The van der Waals surface area contributed by atoms with Gasteiger partial charge in [0.1, 0.15) is 45.8 Å². The van der Waals surface area contributed by atoms with E-state index in [1.165, 1.54) is 83.3 Å². The van der Waals surface area contributed by atoms with Crippen molar-refractivity contribution >= 4 is 29.8 Å². The standard InChI is InChI=1S/C59H110O22.C14H19N3O8.3H2O/c1-26-58(70)52(19,65)38(5)49(16,62)45(12,79-58)32-74-28-41(8)36(3)48(15,61)44(11,78-55(41,22)68)31-73-29-42(9)37(4)51(18,64)57(24,81-56(42,23)69)76-34-59(71)53(20,66)39(6)50(17,63)46(13,80-59)33-75-27-40(7)35(2)47(14,60)43(10,30-72-25)77-54(40,21)67;18-10(19)5-15(1-3-16-6-11(20)24-12(21)7-16)2-4-17-8-13(22)25-14(23)9-17;;;/h35-39,60-71H,26-34H2,1-25H3;1-9H2,(H,18,19);3*1H2/t35-,36-,37-,38+,39+,40-,41-,42-,43+,44+,45+,46+,47?,48?,49?,50?,51?,52-,53-,54?,55?,56?,57-,58?,59?;;;;/m0..../s1. The van der Waals surface area contributed by atoms with Crippen LogP contribution in [-0.4, -0.2) is 343 Å². The highest BCUT2D eigenvalue weighted by Gasteiger charge is 2.74. The number of carboxylic acids is 1. The predicted octanol–water partition coefficient (Wildman–Crippen LogP) is -2.36. The molecule has 19 N–H and O–H groups in total. The second-order valence-corrected chi connectivity index (χ2v) is 35.1. The van der Waals surface area contributed by atoms with Crippen LogP contribution in [0.2, 0.25) is 0 Å². The Morgan fingerprint density at radius 1 is 0.404 bits per heavy atom. The van der Waals surface area contributed by atoms with Crippen molar-refractivity contribution in [3.63, 3.8) is 0 Å². The molecule has 7 aliphatic rings. The van der Waals surface area contributed by atoms with Gasteiger partial charge in [-0.2, -0.15) is 0 Å². The van der Waals surface area contributed by atoms with Crippen molar-refractivity contribution < 1.29 is 164 Å². The lowest BCUT2D eigenvalue weighted by Gasteiger charge is -2.64. The van der Waals surface area contributed by atoms with Gasteiger partial charge in [0.25, 0.3) is 0 Å². The average molecular weight is 1580 g/mol. The number of carbonyl (C=O) groups is 5. The molecule has 0 radical (unpaired) electrons. The average Bonchev–Trinajstić information content (AvgIpc) is 0.712. The summed E-state index contributed by atoms with van der Waals surface area (Å²) in [5.74, 6) is -20.9. The zero-order valence-electron chi connectivity index (χ0n) is 68.7. The predicted molar refractivity (Wildman–Crippen MR) is 384 cm³/mol. The van der Waals surface area contributed by atoms with Crippen LogP contribution in [0.15, 0.2) is 0 Å². The van der Waals surface area contributed by atoms with E-state index >= 15 is 0 Å². The smallest absolute Gasteiger partial charge is 0.327 e. The number of aliphatic hydroxyl groups is 12. The third-order valence-corrected chi connectivity index (χ3v) is 28.2. The van der Waals surface area contributed by atoms with E-state index in [1.54, 1.807) is 105 Å². The van der Waals surface area contributed by atoms with Gasteiger partial charge in [0, 0.05) is 80.1 Å². The lowest BCUT2D eigenvalue weighted by Crippen LogP contribution is -2.79. The maximum absolute atomic E-state index is 12.6. The maximum Gasteiger partial charge on any atom is 0.327 e. The Hall–Kier alpha value is -3.37. The molecule has 0 aromatic heterocycles. The lowest BCUT2D eigenvalue weighted by atomic mass is 9.58. The molecule has 7 heterocycles. The molecule has 36 heteroatoms. The molecule has 10 unspecified atom stereocenters. The van der Waals surface area contributed by atoms with Crippen molar-refractivity contribution in [1.82, 2.24) is 14.7 Å². The quantitative estimate of drug-likeness (QED) is 0.0318. The van der Waals surface area contributed by atoms with E-state index in [1.807, 2.05) is 0 Å². The molecule has 0 spiro atoms. The monoisotopic (exact) mass is 1580 g/mol. The highest BCUT2D eigenvalue weighted by Crippen LogP contribution is 2.61. The van der Waals surface area contributed by atoms with Gasteiger partial charge in [-0.1, -0.05) is 62.3 Å². The van der Waals surface area contributed by atoms with Crippen molar-refractivity contribution in [1.29, 1.82) is 0 Å². The van der Waals surface area contributed by atoms with Crippen molar-refractivity contribution in [2.75, 3.05) is 119 Å². The number of esters is 4.